The van der Waals surface area contributed by atoms with Gasteiger partial charge in [0.15, 0.2) is 9.84 Å². The van der Waals surface area contributed by atoms with Crippen molar-refractivity contribution in [2.45, 2.75) is 33.1 Å². The molecule has 0 saturated heterocycles. The van der Waals surface area contributed by atoms with Gasteiger partial charge in [-0.25, -0.2) is 8.42 Å². The molecule has 0 bridgehead atoms. The molecule has 1 aliphatic rings. The summed E-state index contributed by atoms with van der Waals surface area (Å²) in [6.45, 7) is 4.67. The molecule has 82 valence electrons. The lowest BCUT2D eigenvalue weighted by Crippen LogP contribution is -2.33. The van der Waals surface area contributed by atoms with E-state index < -0.39 is 9.84 Å². The summed E-state index contributed by atoms with van der Waals surface area (Å²) in [5.74, 6) is 0.280. The van der Waals surface area contributed by atoms with Crippen LogP contribution in [0.15, 0.2) is 10.6 Å². The van der Waals surface area contributed by atoms with Crippen molar-refractivity contribution in [3.8, 4) is 0 Å². The Bertz CT molecular complexity index is 330. The van der Waals surface area contributed by atoms with Gasteiger partial charge in [0.25, 0.3) is 0 Å². The van der Waals surface area contributed by atoms with Crippen LogP contribution >= 0.6 is 0 Å². The second-order valence-corrected chi connectivity index (χ2v) is 5.84. The van der Waals surface area contributed by atoms with Crippen molar-refractivity contribution in [3.05, 3.63) is 10.6 Å². The minimum Gasteiger partial charge on any atom is -0.376 e. The van der Waals surface area contributed by atoms with E-state index in [0.717, 1.165) is 18.5 Å². The molecule has 1 heterocycles. The molecule has 0 aromatic rings. The predicted octanol–water partition coefficient (Wildman–Crippen LogP) is 1.77. The van der Waals surface area contributed by atoms with Crippen LogP contribution in [0.4, 0.5) is 0 Å². The average Bonchev–Trinajstić information content (AvgIpc) is 2.13. The van der Waals surface area contributed by atoms with Crippen LogP contribution in [0.5, 0.6) is 0 Å². The van der Waals surface area contributed by atoms with Crippen molar-refractivity contribution in [2.24, 2.45) is 0 Å². The summed E-state index contributed by atoms with van der Waals surface area (Å²) < 4.78 is 23.6. The van der Waals surface area contributed by atoms with Crippen LogP contribution in [0.25, 0.3) is 0 Å². The number of sulfone groups is 1. The first-order valence-electron chi connectivity index (χ1n) is 5.18. The number of rotatable bonds is 3. The van der Waals surface area contributed by atoms with Gasteiger partial charge >= 0.3 is 0 Å². The second kappa shape index (κ2) is 4.34. The van der Waals surface area contributed by atoms with Crippen molar-refractivity contribution < 1.29 is 8.42 Å². The van der Waals surface area contributed by atoms with Gasteiger partial charge in [-0.05, 0) is 12.8 Å². The third-order valence-electron chi connectivity index (χ3n) is 2.67. The molecule has 0 amide bonds. The summed E-state index contributed by atoms with van der Waals surface area (Å²) in [5.41, 5.74) is 1.01. The summed E-state index contributed by atoms with van der Waals surface area (Å²) in [6, 6.07) is 0. The highest BCUT2D eigenvalue weighted by Gasteiger charge is 2.27. The Kier molecular flexibility index (Phi) is 3.59. The standard InChI is InChI=1S/C10H19NO2S/c1-4-6-10-9(5-2)11(3)7-8-14(10,12)13/h4-8H2,1-3H3. The van der Waals surface area contributed by atoms with Crippen molar-refractivity contribution in [3.63, 3.8) is 0 Å². The summed E-state index contributed by atoms with van der Waals surface area (Å²) in [6.07, 6.45) is 2.40. The second-order valence-electron chi connectivity index (χ2n) is 3.71. The lowest BCUT2D eigenvalue weighted by atomic mass is 10.2. The third-order valence-corrected chi connectivity index (χ3v) is 4.58. The molecule has 0 N–H and O–H groups in total. The summed E-state index contributed by atoms with van der Waals surface area (Å²) in [5, 5.41) is 0. The van der Waals surface area contributed by atoms with Gasteiger partial charge in [-0.15, -0.1) is 0 Å². The van der Waals surface area contributed by atoms with Gasteiger partial charge in [0.1, 0.15) is 0 Å². The Morgan fingerprint density at radius 2 is 2.00 bits per heavy atom. The molecule has 1 aliphatic heterocycles. The van der Waals surface area contributed by atoms with Crippen LogP contribution in [0.1, 0.15) is 33.1 Å². The topological polar surface area (TPSA) is 37.4 Å². The highest BCUT2D eigenvalue weighted by Crippen LogP contribution is 2.27. The molecule has 0 fully saturated rings. The van der Waals surface area contributed by atoms with Crippen molar-refractivity contribution in [1.82, 2.24) is 4.90 Å². The first-order valence-corrected chi connectivity index (χ1v) is 6.84. The molecule has 4 heteroatoms. The van der Waals surface area contributed by atoms with Crippen LogP contribution < -0.4 is 0 Å². The fourth-order valence-corrected chi connectivity index (χ4v) is 3.84. The van der Waals surface area contributed by atoms with Gasteiger partial charge in [-0.3, -0.25) is 0 Å². The zero-order valence-electron chi connectivity index (χ0n) is 9.21. The van der Waals surface area contributed by atoms with Gasteiger partial charge < -0.3 is 4.90 Å². The van der Waals surface area contributed by atoms with Gasteiger partial charge in [0.2, 0.25) is 0 Å². The van der Waals surface area contributed by atoms with E-state index in [-0.39, 0.29) is 5.75 Å². The van der Waals surface area contributed by atoms with Gasteiger partial charge in [-0.2, -0.15) is 0 Å². The maximum absolute atomic E-state index is 11.8. The maximum Gasteiger partial charge on any atom is 0.177 e. The van der Waals surface area contributed by atoms with Crippen LogP contribution in [0.2, 0.25) is 0 Å². The van der Waals surface area contributed by atoms with E-state index in [4.69, 9.17) is 0 Å². The molecule has 0 unspecified atom stereocenters. The molecule has 0 spiro atoms. The Balaban J connectivity index is 3.16. The average molecular weight is 217 g/mol. The molecule has 0 saturated carbocycles. The normalized spacial score (nSPS) is 21.5. The zero-order valence-corrected chi connectivity index (χ0v) is 10.0. The first kappa shape index (κ1) is 11.6. The summed E-state index contributed by atoms with van der Waals surface area (Å²) >= 11 is 0. The van der Waals surface area contributed by atoms with Crippen molar-refractivity contribution in [2.75, 3.05) is 19.3 Å². The minimum absolute atomic E-state index is 0.280. The molecule has 14 heavy (non-hydrogen) atoms. The predicted molar refractivity (Wildman–Crippen MR) is 58.6 cm³/mol. The van der Waals surface area contributed by atoms with E-state index >= 15 is 0 Å². The number of allylic oxidation sites excluding steroid dienone is 2. The van der Waals surface area contributed by atoms with Gasteiger partial charge in [-0.1, -0.05) is 20.3 Å². The molecule has 0 aromatic carbocycles. The Hall–Kier alpha value is -0.510. The molecule has 0 radical (unpaired) electrons. The molecular weight excluding hydrogens is 198 g/mol. The molecule has 3 nitrogen and oxygen atoms in total. The fourth-order valence-electron chi connectivity index (χ4n) is 1.90. The fraction of sp³-hybridized carbons (Fsp3) is 0.800. The van der Waals surface area contributed by atoms with Crippen LogP contribution in [0.3, 0.4) is 0 Å². The zero-order chi connectivity index (χ0) is 10.8. The van der Waals surface area contributed by atoms with Crippen molar-refractivity contribution >= 4 is 9.84 Å². The SMILES string of the molecule is CCCC1=C(CC)N(C)CCS1(=O)=O. The monoisotopic (exact) mass is 217 g/mol. The largest absolute Gasteiger partial charge is 0.376 e. The van der Waals surface area contributed by atoms with E-state index in [9.17, 15) is 8.42 Å². The van der Waals surface area contributed by atoms with E-state index in [2.05, 4.69) is 4.90 Å². The smallest absolute Gasteiger partial charge is 0.177 e. The van der Waals surface area contributed by atoms with Crippen LogP contribution in [0, 0.1) is 0 Å². The molecular formula is C10H19NO2S. The van der Waals surface area contributed by atoms with E-state index in [0.29, 0.717) is 17.9 Å². The Labute approximate surface area is 86.7 Å². The minimum atomic E-state index is -2.94. The molecule has 0 aromatic heterocycles. The van der Waals surface area contributed by atoms with Gasteiger partial charge in [0, 0.05) is 19.3 Å². The quantitative estimate of drug-likeness (QED) is 0.723. The Morgan fingerprint density at radius 3 is 2.50 bits per heavy atom. The Morgan fingerprint density at radius 1 is 1.36 bits per heavy atom. The third kappa shape index (κ3) is 2.11. The first-order chi connectivity index (χ1) is 6.53. The summed E-state index contributed by atoms with van der Waals surface area (Å²) in [7, 11) is -0.967. The van der Waals surface area contributed by atoms with Crippen molar-refractivity contribution in [1.29, 1.82) is 0 Å². The number of nitrogens with zero attached hydrogens (tertiary/aromatic N) is 1. The number of hydrogen-bond donors (Lipinski definition) is 0. The van der Waals surface area contributed by atoms with E-state index in [1.54, 1.807) is 0 Å². The van der Waals surface area contributed by atoms with E-state index in [1.165, 1.54) is 0 Å². The van der Waals surface area contributed by atoms with Crippen LogP contribution in [-0.4, -0.2) is 32.7 Å². The van der Waals surface area contributed by atoms with E-state index in [1.807, 2.05) is 20.9 Å². The number of hydrogen-bond acceptors (Lipinski definition) is 3. The lowest BCUT2D eigenvalue weighted by molar-refractivity contribution is 0.413. The molecule has 0 aliphatic carbocycles. The maximum atomic E-state index is 11.8. The molecule has 0 atom stereocenters. The van der Waals surface area contributed by atoms with Crippen LogP contribution in [-0.2, 0) is 9.84 Å². The van der Waals surface area contributed by atoms with Gasteiger partial charge in [0.05, 0.1) is 10.7 Å². The summed E-state index contributed by atoms with van der Waals surface area (Å²) in [4.78, 5) is 2.75. The highest BCUT2D eigenvalue weighted by atomic mass is 32.2. The molecule has 1 rings (SSSR count). The lowest BCUT2D eigenvalue weighted by Gasteiger charge is -2.29. The highest BCUT2D eigenvalue weighted by molar-refractivity contribution is 7.95.